The van der Waals surface area contributed by atoms with Crippen molar-refractivity contribution in [3.05, 3.63) is 63.5 Å². The fourth-order valence-corrected chi connectivity index (χ4v) is 5.51. The summed E-state index contributed by atoms with van der Waals surface area (Å²) in [5.41, 5.74) is 7.04. The minimum Gasteiger partial charge on any atom is -0.388 e. The van der Waals surface area contributed by atoms with Crippen LogP contribution in [-0.2, 0) is 16.6 Å². The topological polar surface area (TPSA) is 62.6 Å². The summed E-state index contributed by atoms with van der Waals surface area (Å²) in [6.07, 6.45) is 2.10. The molecule has 174 valence electrons. The van der Waals surface area contributed by atoms with Gasteiger partial charge in [-0.25, -0.2) is 0 Å². The third-order valence-electron chi connectivity index (χ3n) is 7.35. The molecule has 1 aliphatic carbocycles. The van der Waals surface area contributed by atoms with Crippen LogP contribution < -0.4 is 0 Å². The molecule has 0 radical (unpaired) electrons. The van der Waals surface area contributed by atoms with Gasteiger partial charge in [-0.15, -0.1) is 0 Å². The lowest BCUT2D eigenvalue weighted by atomic mass is 9.72. The van der Waals surface area contributed by atoms with Crippen molar-refractivity contribution in [2.75, 3.05) is 13.2 Å². The Morgan fingerprint density at radius 1 is 1.09 bits per heavy atom. The van der Waals surface area contributed by atoms with Crippen molar-refractivity contribution in [2.45, 2.75) is 90.8 Å². The third-order valence-corrected chi connectivity index (χ3v) is 7.35. The molecule has 1 fully saturated rings. The number of hydrogen-bond acceptors (Lipinski definition) is 4. The lowest BCUT2D eigenvalue weighted by Gasteiger charge is -2.37. The first-order valence-electron chi connectivity index (χ1n) is 12.1. The third kappa shape index (κ3) is 4.50. The Kier molecular flexibility index (Phi) is 6.26. The number of aliphatic hydroxyl groups is 2. The highest BCUT2D eigenvalue weighted by molar-refractivity contribution is 5.48. The van der Waals surface area contributed by atoms with Crippen LogP contribution in [0.25, 0.3) is 0 Å². The Bertz CT molecular complexity index is 966. The summed E-state index contributed by atoms with van der Waals surface area (Å²) in [5, 5.41) is 22.7. The Morgan fingerprint density at radius 2 is 1.72 bits per heavy atom. The summed E-state index contributed by atoms with van der Waals surface area (Å²) < 4.78 is 5.61. The van der Waals surface area contributed by atoms with E-state index in [1.807, 2.05) is 12.1 Å². The van der Waals surface area contributed by atoms with Gasteiger partial charge in [0.2, 0.25) is 0 Å². The maximum Gasteiger partial charge on any atom is 0.106 e. The van der Waals surface area contributed by atoms with E-state index in [4.69, 9.17) is 9.72 Å². The van der Waals surface area contributed by atoms with Gasteiger partial charge in [-0.1, -0.05) is 58.9 Å². The second-order valence-corrected chi connectivity index (χ2v) is 11.6. The smallest absolute Gasteiger partial charge is 0.106 e. The zero-order chi connectivity index (χ0) is 23.3. The molecule has 2 atom stereocenters. The highest BCUT2D eigenvalue weighted by Gasteiger charge is 2.37. The molecule has 0 saturated carbocycles. The lowest BCUT2D eigenvalue weighted by Crippen LogP contribution is -2.30. The standard InChI is InChI=1S/C28H39NO3/c1-17-23-21(15-28(5,6)16-22(23)30)29-25(18-11-13-32-14-12-18)24(17)26(31)19-7-9-20(10-8-19)27(2,3)4/h7-10,18,22,26,30-31H,11-16H2,1-6H3/t22?,26-/m0/s1. The summed E-state index contributed by atoms with van der Waals surface area (Å²) in [6, 6.07) is 8.31. The van der Waals surface area contributed by atoms with Crippen LogP contribution in [0, 0.1) is 12.3 Å². The molecule has 32 heavy (non-hydrogen) atoms. The highest BCUT2D eigenvalue weighted by atomic mass is 16.5. The molecule has 1 aromatic carbocycles. The van der Waals surface area contributed by atoms with Crippen molar-refractivity contribution in [2.24, 2.45) is 5.41 Å². The SMILES string of the molecule is Cc1c2c(nc(C3CCOCC3)c1[C@@H](O)c1ccc(C(C)(C)C)cc1)CC(C)(C)CC2O. The zero-order valence-electron chi connectivity index (χ0n) is 20.5. The van der Waals surface area contributed by atoms with Crippen molar-refractivity contribution in [3.63, 3.8) is 0 Å². The summed E-state index contributed by atoms with van der Waals surface area (Å²) in [7, 11) is 0. The van der Waals surface area contributed by atoms with Crippen molar-refractivity contribution in [1.82, 2.24) is 4.98 Å². The van der Waals surface area contributed by atoms with Gasteiger partial charge in [0.15, 0.2) is 0 Å². The van der Waals surface area contributed by atoms with Gasteiger partial charge in [0.25, 0.3) is 0 Å². The summed E-state index contributed by atoms with van der Waals surface area (Å²) in [4.78, 5) is 5.17. The fraction of sp³-hybridized carbons (Fsp3) is 0.607. The van der Waals surface area contributed by atoms with E-state index in [2.05, 4.69) is 53.7 Å². The first-order chi connectivity index (χ1) is 15.0. The van der Waals surface area contributed by atoms with Crippen LogP contribution in [0.15, 0.2) is 24.3 Å². The van der Waals surface area contributed by atoms with Crippen LogP contribution in [0.4, 0.5) is 0 Å². The van der Waals surface area contributed by atoms with Gasteiger partial charge in [0, 0.05) is 36.0 Å². The van der Waals surface area contributed by atoms with E-state index in [0.717, 1.165) is 72.5 Å². The second kappa shape index (κ2) is 8.55. The predicted octanol–water partition coefficient (Wildman–Crippen LogP) is 5.67. The normalized spacial score (nSPS) is 22.4. The molecule has 0 spiro atoms. The zero-order valence-corrected chi connectivity index (χ0v) is 20.5. The van der Waals surface area contributed by atoms with Crippen LogP contribution >= 0.6 is 0 Å². The molecular weight excluding hydrogens is 398 g/mol. The molecule has 4 rings (SSSR count). The molecule has 0 amide bonds. The molecule has 1 aromatic heterocycles. The number of nitrogens with zero attached hydrogens (tertiary/aromatic N) is 1. The van der Waals surface area contributed by atoms with Crippen LogP contribution in [-0.4, -0.2) is 28.4 Å². The number of aliphatic hydroxyl groups excluding tert-OH is 2. The summed E-state index contributed by atoms with van der Waals surface area (Å²) >= 11 is 0. The summed E-state index contributed by atoms with van der Waals surface area (Å²) in [6.45, 7) is 14.5. The molecule has 2 aromatic rings. The van der Waals surface area contributed by atoms with Crippen molar-refractivity contribution < 1.29 is 14.9 Å². The Balaban J connectivity index is 1.83. The van der Waals surface area contributed by atoms with E-state index in [1.165, 1.54) is 5.56 Å². The molecule has 1 unspecified atom stereocenters. The van der Waals surface area contributed by atoms with Gasteiger partial charge >= 0.3 is 0 Å². The van der Waals surface area contributed by atoms with Gasteiger partial charge in [-0.05, 0) is 60.1 Å². The maximum atomic E-state index is 11.6. The molecule has 4 heteroatoms. The number of benzene rings is 1. The van der Waals surface area contributed by atoms with E-state index in [0.29, 0.717) is 0 Å². The van der Waals surface area contributed by atoms with Gasteiger partial charge in [-0.2, -0.15) is 0 Å². The van der Waals surface area contributed by atoms with E-state index in [9.17, 15) is 10.2 Å². The van der Waals surface area contributed by atoms with E-state index >= 15 is 0 Å². The molecule has 1 aliphatic heterocycles. The Hall–Kier alpha value is -1.75. The fourth-order valence-electron chi connectivity index (χ4n) is 5.51. The van der Waals surface area contributed by atoms with Gasteiger partial charge in [-0.3, -0.25) is 4.98 Å². The van der Waals surface area contributed by atoms with Gasteiger partial charge < -0.3 is 14.9 Å². The molecule has 1 saturated heterocycles. The minimum atomic E-state index is -0.762. The molecule has 2 N–H and O–H groups in total. The van der Waals surface area contributed by atoms with Crippen molar-refractivity contribution in [3.8, 4) is 0 Å². The quantitative estimate of drug-likeness (QED) is 0.649. The Labute approximate surface area is 193 Å². The average Bonchev–Trinajstić information content (AvgIpc) is 2.72. The van der Waals surface area contributed by atoms with Crippen LogP contribution in [0.5, 0.6) is 0 Å². The summed E-state index contributed by atoms with van der Waals surface area (Å²) in [5.74, 6) is 0.272. The largest absolute Gasteiger partial charge is 0.388 e. The first kappa shape index (κ1) is 23.4. The molecule has 2 aliphatic rings. The number of hydrogen-bond donors (Lipinski definition) is 2. The molecule has 2 heterocycles. The van der Waals surface area contributed by atoms with E-state index < -0.39 is 12.2 Å². The number of fused-ring (bicyclic) bond motifs is 1. The van der Waals surface area contributed by atoms with Crippen LogP contribution in [0.3, 0.4) is 0 Å². The van der Waals surface area contributed by atoms with Crippen LogP contribution in [0.2, 0.25) is 0 Å². The van der Waals surface area contributed by atoms with Gasteiger partial charge in [0.1, 0.15) is 6.10 Å². The first-order valence-corrected chi connectivity index (χ1v) is 12.1. The van der Waals surface area contributed by atoms with Gasteiger partial charge in [0.05, 0.1) is 11.8 Å². The molecule has 4 nitrogen and oxygen atoms in total. The Morgan fingerprint density at radius 3 is 2.31 bits per heavy atom. The number of rotatable bonds is 3. The lowest BCUT2D eigenvalue weighted by molar-refractivity contribution is 0.0823. The predicted molar refractivity (Wildman–Crippen MR) is 128 cm³/mol. The monoisotopic (exact) mass is 437 g/mol. The highest BCUT2D eigenvalue weighted by Crippen LogP contribution is 2.45. The second-order valence-electron chi connectivity index (χ2n) is 11.6. The number of ether oxygens (including phenoxy) is 1. The minimum absolute atomic E-state index is 0.0156. The maximum absolute atomic E-state index is 11.6. The van der Waals surface area contributed by atoms with Crippen molar-refractivity contribution >= 4 is 0 Å². The number of aromatic nitrogens is 1. The number of pyridine rings is 1. The van der Waals surface area contributed by atoms with E-state index in [-0.39, 0.29) is 16.7 Å². The van der Waals surface area contributed by atoms with Crippen molar-refractivity contribution in [1.29, 1.82) is 0 Å². The average molecular weight is 438 g/mol. The molecule has 0 bridgehead atoms. The van der Waals surface area contributed by atoms with Crippen LogP contribution in [0.1, 0.15) is 111 Å². The molecular formula is C28H39NO3. The van der Waals surface area contributed by atoms with E-state index in [1.54, 1.807) is 0 Å².